The van der Waals surface area contributed by atoms with E-state index in [-0.39, 0.29) is 5.78 Å². The number of carbonyl (C=O) groups is 1. The molecule has 0 heterocycles. The van der Waals surface area contributed by atoms with E-state index in [1.165, 1.54) is 0 Å². The van der Waals surface area contributed by atoms with E-state index in [0.29, 0.717) is 12.2 Å². The van der Waals surface area contributed by atoms with Gasteiger partial charge in [0.05, 0.1) is 0 Å². The van der Waals surface area contributed by atoms with Gasteiger partial charge in [-0.1, -0.05) is 76.6 Å². The molecule has 0 N–H and O–H groups in total. The number of hydrogen-bond donors (Lipinski definition) is 0. The molecule has 0 aromatic heterocycles. The van der Waals surface area contributed by atoms with E-state index < -0.39 is 0 Å². The molecule has 0 atom stereocenters. The molecule has 0 saturated heterocycles. The molecule has 0 aliphatic rings. The van der Waals surface area contributed by atoms with Crippen LogP contribution in [-0.2, 0) is 6.61 Å². The van der Waals surface area contributed by atoms with Crippen molar-refractivity contribution in [2.75, 3.05) is 0 Å². The van der Waals surface area contributed by atoms with E-state index >= 15 is 0 Å². The van der Waals surface area contributed by atoms with Gasteiger partial charge in [0.1, 0.15) is 12.4 Å². The smallest absolute Gasteiger partial charge is 0.185 e. The van der Waals surface area contributed by atoms with Gasteiger partial charge < -0.3 is 4.74 Å². The zero-order valence-corrected chi connectivity index (χ0v) is 15.1. The zero-order valence-electron chi connectivity index (χ0n) is 13.6. The van der Waals surface area contributed by atoms with Gasteiger partial charge >= 0.3 is 0 Å². The van der Waals surface area contributed by atoms with Crippen molar-refractivity contribution in [3.8, 4) is 5.75 Å². The summed E-state index contributed by atoms with van der Waals surface area (Å²) >= 11 is 3.38. The standard InChI is InChI=1S/C22H17BrO2/c23-20-10-5-9-19(15-20)22(24)13-12-17-8-4-11-21(14-17)25-16-18-6-2-1-3-7-18/h1-15H,16H2/b13-12+. The van der Waals surface area contributed by atoms with Crippen LogP contribution in [0.5, 0.6) is 5.75 Å². The molecule has 0 bridgehead atoms. The molecule has 124 valence electrons. The van der Waals surface area contributed by atoms with Crippen molar-refractivity contribution in [2.45, 2.75) is 6.61 Å². The maximum atomic E-state index is 12.2. The van der Waals surface area contributed by atoms with Crippen LogP contribution < -0.4 is 4.74 Å². The topological polar surface area (TPSA) is 26.3 Å². The Balaban J connectivity index is 1.66. The monoisotopic (exact) mass is 392 g/mol. The van der Waals surface area contributed by atoms with Crippen LogP contribution in [0.4, 0.5) is 0 Å². The number of carbonyl (C=O) groups excluding carboxylic acids is 1. The molecular weight excluding hydrogens is 376 g/mol. The minimum atomic E-state index is -0.0306. The molecule has 3 aromatic rings. The largest absolute Gasteiger partial charge is 0.489 e. The van der Waals surface area contributed by atoms with Crippen molar-refractivity contribution >= 4 is 27.8 Å². The molecule has 0 amide bonds. The summed E-state index contributed by atoms with van der Waals surface area (Å²) in [6, 6.07) is 25.1. The lowest BCUT2D eigenvalue weighted by Gasteiger charge is -2.06. The molecule has 3 rings (SSSR count). The van der Waals surface area contributed by atoms with Crippen LogP contribution in [0.15, 0.2) is 89.4 Å². The molecule has 0 radical (unpaired) electrons. The molecule has 0 unspecified atom stereocenters. The van der Waals surface area contributed by atoms with Gasteiger partial charge in [-0.05, 0) is 41.5 Å². The van der Waals surface area contributed by atoms with Crippen LogP contribution in [0.3, 0.4) is 0 Å². The van der Waals surface area contributed by atoms with Gasteiger partial charge in [-0.2, -0.15) is 0 Å². The first-order chi connectivity index (χ1) is 12.2. The van der Waals surface area contributed by atoms with Crippen LogP contribution in [-0.4, -0.2) is 5.78 Å². The van der Waals surface area contributed by atoms with Gasteiger partial charge in [0.15, 0.2) is 5.78 Å². The first-order valence-electron chi connectivity index (χ1n) is 7.95. The Kier molecular flexibility index (Phi) is 5.81. The third kappa shape index (κ3) is 5.16. The van der Waals surface area contributed by atoms with Crippen molar-refractivity contribution in [1.82, 2.24) is 0 Å². The van der Waals surface area contributed by atoms with Crippen LogP contribution in [0.1, 0.15) is 21.5 Å². The molecule has 0 aliphatic heterocycles. The molecule has 0 aliphatic carbocycles. The predicted molar refractivity (Wildman–Crippen MR) is 105 cm³/mol. The SMILES string of the molecule is O=C(/C=C/c1cccc(OCc2ccccc2)c1)c1cccc(Br)c1. The Morgan fingerprint density at radius 2 is 1.72 bits per heavy atom. The minimum absolute atomic E-state index is 0.0306. The van der Waals surface area contributed by atoms with Crippen molar-refractivity contribution in [1.29, 1.82) is 0 Å². The maximum Gasteiger partial charge on any atom is 0.185 e. The van der Waals surface area contributed by atoms with E-state index in [1.54, 1.807) is 18.2 Å². The predicted octanol–water partition coefficient (Wildman–Crippen LogP) is 5.92. The Bertz CT molecular complexity index is 885. The fraction of sp³-hybridized carbons (Fsp3) is 0.0455. The van der Waals surface area contributed by atoms with Gasteiger partial charge in [0.2, 0.25) is 0 Å². The highest BCUT2D eigenvalue weighted by Crippen LogP contribution is 2.17. The lowest BCUT2D eigenvalue weighted by atomic mass is 10.1. The fourth-order valence-electron chi connectivity index (χ4n) is 2.36. The summed E-state index contributed by atoms with van der Waals surface area (Å²) in [7, 11) is 0. The lowest BCUT2D eigenvalue weighted by Crippen LogP contribution is -1.95. The second-order valence-electron chi connectivity index (χ2n) is 5.55. The third-order valence-electron chi connectivity index (χ3n) is 3.64. The summed E-state index contributed by atoms with van der Waals surface area (Å²) in [6.45, 7) is 0.519. The highest BCUT2D eigenvalue weighted by Gasteiger charge is 2.02. The van der Waals surface area contributed by atoms with Crippen LogP contribution >= 0.6 is 15.9 Å². The molecule has 3 heteroatoms. The molecular formula is C22H17BrO2. The van der Waals surface area contributed by atoms with E-state index in [2.05, 4.69) is 15.9 Å². The number of hydrogen-bond acceptors (Lipinski definition) is 2. The van der Waals surface area contributed by atoms with E-state index in [0.717, 1.165) is 21.3 Å². The van der Waals surface area contributed by atoms with Gasteiger partial charge in [-0.3, -0.25) is 4.79 Å². The quantitative estimate of drug-likeness (QED) is 0.384. The number of ether oxygens (including phenoxy) is 1. The fourth-order valence-corrected chi connectivity index (χ4v) is 2.76. The lowest BCUT2D eigenvalue weighted by molar-refractivity contribution is 0.104. The Morgan fingerprint density at radius 3 is 2.52 bits per heavy atom. The molecule has 0 fully saturated rings. The molecule has 2 nitrogen and oxygen atoms in total. The second-order valence-corrected chi connectivity index (χ2v) is 6.47. The summed E-state index contributed by atoms with van der Waals surface area (Å²) in [5.41, 5.74) is 2.70. The van der Waals surface area contributed by atoms with Gasteiger partial charge in [-0.25, -0.2) is 0 Å². The van der Waals surface area contributed by atoms with Gasteiger partial charge in [0, 0.05) is 10.0 Å². The van der Waals surface area contributed by atoms with Crippen LogP contribution in [0.25, 0.3) is 6.08 Å². The highest BCUT2D eigenvalue weighted by atomic mass is 79.9. The van der Waals surface area contributed by atoms with Gasteiger partial charge in [-0.15, -0.1) is 0 Å². The molecule has 25 heavy (non-hydrogen) atoms. The van der Waals surface area contributed by atoms with Crippen molar-refractivity contribution in [3.05, 3.63) is 106 Å². The number of ketones is 1. The van der Waals surface area contributed by atoms with Crippen molar-refractivity contribution < 1.29 is 9.53 Å². The normalized spacial score (nSPS) is 10.8. The third-order valence-corrected chi connectivity index (χ3v) is 4.14. The summed E-state index contributed by atoms with van der Waals surface area (Å²) in [4.78, 5) is 12.2. The Morgan fingerprint density at radius 1 is 0.920 bits per heavy atom. The molecule has 3 aromatic carbocycles. The number of allylic oxidation sites excluding steroid dienone is 1. The number of rotatable bonds is 6. The first kappa shape index (κ1) is 17.2. The average Bonchev–Trinajstić information content (AvgIpc) is 2.66. The first-order valence-corrected chi connectivity index (χ1v) is 8.75. The van der Waals surface area contributed by atoms with Gasteiger partial charge in [0.25, 0.3) is 0 Å². The zero-order chi connectivity index (χ0) is 17.5. The van der Waals surface area contributed by atoms with Crippen LogP contribution in [0, 0.1) is 0 Å². The summed E-state index contributed by atoms with van der Waals surface area (Å²) in [5, 5.41) is 0. The second kappa shape index (κ2) is 8.45. The van der Waals surface area contributed by atoms with Crippen molar-refractivity contribution in [3.63, 3.8) is 0 Å². The summed E-state index contributed by atoms with van der Waals surface area (Å²) in [6.07, 6.45) is 3.39. The van der Waals surface area contributed by atoms with E-state index in [1.807, 2.05) is 72.8 Å². The van der Waals surface area contributed by atoms with E-state index in [9.17, 15) is 4.79 Å². The minimum Gasteiger partial charge on any atom is -0.489 e. The van der Waals surface area contributed by atoms with E-state index in [4.69, 9.17) is 4.74 Å². The summed E-state index contributed by atoms with van der Waals surface area (Å²) < 4.78 is 6.71. The Labute approximate surface area is 155 Å². The van der Waals surface area contributed by atoms with Crippen LogP contribution in [0.2, 0.25) is 0 Å². The van der Waals surface area contributed by atoms with Crippen molar-refractivity contribution in [2.24, 2.45) is 0 Å². The molecule has 0 saturated carbocycles. The summed E-state index contributed by atoms with van der Waals surface area (Å²) in [5.74, 6) is 0.748. The highest BCUT2D eigenvalue weighted by molar-refractivity contribution is 9.10. The number of halogens is 1. The molecule has 0 spiro atoms. The average molecular weight is 393 g/mol. The maximum absolute atomic E-state index is 12.2. The number of benzene rings is 3. The Hall–Kier alpha value is -2.65.